The molecule has 0 aliphatic heterocycles. The number of H-pyrrole nitrogens is 1. The second-order valence-corrected chi connectivity index (χ2v) is 6.90. The van der Waals surface area contributed by atoms with E-state index in [-0.39, 0.29) is 30.3 Å². The van der Waals surface area contributed by atoms with Crippen LogP contribution in [0, 0.1) is 6.92 Å². The summed E-state index contributed by atoms with van der Waals surface area (Å²) < 4.78 is 31.2. The zero-order valence-corrected chi connectivity index (χ0v) is 13.9. The number of nitrogens with one attached hydrogen (secondary N) is 2. The Hall–Kier alpha value is -2.45. The third-order valence-corrected chi connectivity index (χ3v) is 4.69. The topological polar surface area (TPSA) is 105 Å². The maximum atomic E-state index is 12.0. The van der Waals surface area contributed by atoms with Crippen molar-refractivity contribution in [2.75, 3.05) is 13.2 Å². The molecule has 0 fully saturated rings. The highest BCUT2D eigenvalue weighted by Crippen LogP contribution is 2.09. The monoisotopic (exact) mass is 350 g/mol. The van der Waals surface area contributed by atoms with Gasteiger partial charge in [0.05, 0.1) is 17.0 Å². The molecule has 0 amide bonds. The third kappa shape index (κ3) is 5.04. The molecule has 0 saturated carbocycles. The van der Waals surface area contributed by atoms with Gasteiger partial charge >= 0.3 is 5.97 Å². The largest absolute Gasteiger partial charge is 0.457 e. The summed E-state index contributed by atoms with van der Waals surface area (Å²) in [5.41, 5.74) is 1.30. The summed E-state index contributed by atoms with van der Waals surface area (Å²) in [7, 11) is -3.67. The van der Waals surface area contributed by atoms with E-state index in [0.29, 0.717) is 5.69 Å². The van der Waals surface area contributed by atoms with Gasteiger partial charge in [-0.25, -0.2) is 13.1 Å². The molecule has 1 aromatic heterocycles. The van der Waals surface area contributed by atoms with E-state index in [0.717, 1.165) is 5.56 Å². The molecule has 7 nitrogen and oxygen atoms in total. The number of aromatic nitrogens is 1. The van der Waals surface area contributed by atoms with E-state index in [1.54, 1.807) is 30.5 Å². The standard InChI is InChI=1S/C16H18N2O5S/c1-12-4-6-13(7-5-12)24(21,22)18-10-8-16(20)23-11-15(19)14-3-2-9-17-14/h2-7,9,17-18H,8,10-11H2,1H3. The maximum absolute atomic E-state index is 12.0. The third-order valence-electron chi connectivity index (χ3n) is 3.22. The molecule has 0 unspecified atom stereocenters. The number of ketones is 1. The Kier molecular flexibility index (Phi) is 5.88. The van der Waals surface area contributed by atoms with Crippen LogP contribution in [0.2, 0.25) is 0 Å². The number of carbonyl (C=O) groups is 2. The summed E-state index contributed by atoms with van der Waals surface area (Å²) in [5.74, 6) is -1.00. The molecule has 0 aliphatic carbocycles. The molecule has 0 atom stereocenters. The summed E-state index contributed by atoms with van der Waals surface area (Å²) in [4.78, 5) is 26.0. The fourth-order valence-electron chi connectivity index (χ4n) is 1.89. The predicted octanol–water partition coefficient (Wildman–Crippen LogP) is 1.42. The summed E-state index contributed by atoms with van der Waals surface area (Å²) >= 11 is 0. The van der Waals surface area contributed by atoms with Crippen LogP contribution in [0.1, 0.15) is 22.5 Å². The van der Waals surface area contributed by atoms with Crippen LogP contribution in [0.5, 0.6) is 0 Å². The lowest BCUT2D eigenvalue weighted by molar-refractivity contribution is -0.142. The van der Waals surface area contributed by atoms with E-state index >= 15 is 0 Å². The Morgan fingerprint density at radius 2 is 1.88 bits per heavy atom. The van der Waals surface area contributed by atoms with Gasteiger partial charge in [-0.3, -0.25) is 9.59 Å². The second kappa shape index (κ2) is 7.89. The fourth-order valence-corrected chi connectivity index (χ4v) is 2.92. The zero-order valence-electron chi connectivity index (χ0n) is 13.1. The normalized spacial score (nSPS) is 11.2. The number of aryl methyl sites for hydroxylation is 1. The van der Waals surface area contributed by atoms with Gasteiger partial charge in [-0.15, -0.1) is 0 Å². The van der Waals surface area contributed by atoms with Crippen molar-refractivity contribution in [3.05, 3.63) is 53.9 Å². The fraction of sp³-hybridized carbons (Fsp3) is 0.250. The van der Waals surface area contributed by atoms with Crippen LogP contribution in [0.4, 0.5) is 0 Å². The first-order valence-corrected chi connectivity index (χ1v) is 8.75. The van der Waals surface area contributed by atoms with Crippen LogP contribution < -0.4 is 4.72 Å². The van der Waals surface area contributed by atoms with E-state index < -0.39 is 16.0 Å². The van der Waals surface area contributed by atoms with Crippen molar-refractivity contribution in [2.45, 2.75) is 18.2 Å². The van der Waals surface area contributed by atoms with Gasteiger partial charge in [-0.05, 0) is 31.2 Å². The molecule has 2 aromatic rings. The average molecular weight is 350 g/mol. The molecular weight excluding hydrogens is 332 g/mol. The molecule has 0 bridgehead atoms. The van der Waals surface area contributed by atoms with Crippen molar-refractivity contribution in [3.8, 4) is 0 Å². The molecule has 2 N–H and O–H groups in total. The zero-order chi connectivity index (χ0) is 17.6. The number of benzene rings is 1. The van der Waals surface area contributed by atoms with E-state index in [1.165, 1.54) is 12.1 Å². The first-order chi connectivity index (χ1) is 11.4. The Labute approximate surface area is 140 Å². The van der Waals surface area contributed by atoms with Crippen LogP contribution in [0.25, 0.3) is 0 Å². The molecule has 1 aromatic carbocycles. The number of rotatable bonds is 8. The van der Waals surface area contributed by atoms with Gasteiger partial charge < -0.3 is 9.72 Å². The molecule has 1 heterocycles. The van der Waals surface area contributed by atoms with Crippen LogP contribution in [-0.2, 0) is 19.6 Å². The number of aromatic amines is 1. The van der Waals surface area contributed by atoms with E-state index in [9.17, 15) is 18.0 Å². The van der Waals surface area contributed by atoms with Gasteiger partial charge in [0, 0.05) is 12.7 Å². The van der Waals surface area contributed by atoms with Gasteiger partial charge in [-0.2, -0.15) is 0 Å². The van der Waals surface area contributed by atoms with Crippen molar-refractivity contribution in [1.29, 1.82) is 0 Å². The summed E-state index contributed by atoms with van der Waals surface area (Å²) in [5, 5.41) is 0. The summed E-state index contributed by atoms with van der Waals surface area (Å²) in [6.07, 6.45) is 1.43. The van der Waals surface area contributed by atoms with Crippen molar-refractivity contribution in [3.63, 3.8) is 0 Å². The van der Waals surface area contributed by atoms with Gasteiger partial charge in [0.15, 0.2) is 6.61 Å². The highest BCUT2D eigenvalue weighted by atomic mass is 32.2. The van der Waals surface area contributed by atoms with Crippen LogP contribution in [0.3, 0.4) is 0 Å². The van der Waals surface area contributed by atoms with Gasteiger partial charge in [-0.1, -0.05) is 17.7 Å². The van der Waals surface area contributed by atoms with E-state index in [4.69, 9.17) is 4.74 Å². The molecular formula is C16H18N2O5S. The average Bonchev–Trinajstić information content (AvgIpc) is 3.07. The Bertz CT molecular complexity index is 796. The van der Waals surface area contributed by atoms with Crippen LogP contribution in [0.15, 0.2) is 47.5 Å². The second-order valence-electron chi connectivity index (χ2n) is 5.13. The van der Waals surface area contributed by atoms with Gasteiger partial charge in [0.1, 0.15) is 0 Å². The Balaban J connectivity index is 1.76. The molecule has 8 heteroatoms. The summed E-state index contributed by atoms with van der Waals surface area (Å²) in [6, 6.07) is 9.60. The molecule has 0 radical (unpaired) electrons. The van der Waals surface area contributed by atoms with Crippen LogP contribution in [-0.4, -0.2) is 38.3 Å². The maximum Gasteiger partial charge on any atom is 0.307 e. The minimum atomic E-state index is -3.67. The van der Waals surface area contributed by atoms with Crippen LogP contribution >= 0.6 is 0 Å². The molecule has 0 spiro atoms. The molecule has 0 aliphatic rings. The quantitative estimate of drug-likeness (QED) is 0.553. The van der Waals surface area contributed by atoms with Crippen molar-refractivity contribution in [2.24, 2.45) is 0 Å². The number of hydrogen-bond donors (Lipinski definition) is 2. The van der Waals surface area contributed by atoms with E-state index in [1.807, 2.05) is 6.92 Å². The molecule has 0 saturated heterocycles. The van der Waals surface area contributed by atoms with Crippen molar-refractivity contribution in [1.82, 2.24) is 9.71 Å². The lowest BCUT2D eigenvalue weighted by Gasteiger charge is -2.07. The molecule has 24 heavy (non-hydrogen) atoms. The highest BCUT2D eigenvalue weighted by Gasteiger charge is 2.15. The smallest absolute Gasteiger partial charge is 0.307 e. The number of hydrogen-bond acceptors (Lipinski definition) is 5. The Morgan fingerprint density at radius 1 is 1.17 bits per heavy atom. The minimum Gasteiger partial charge on any atom is -0.457 e. The first-order valence-electron chi connectivity index (χ1n) is 7.27. The first kappa shape index (κ1) is 17.9. The minimum absolute atomic E-state index is 0.105. The number of esters is 1. The lowest BCUT2D eigenvalue weighted by Crippen LogP contribution is -2.27. The number of sulfonamides is 1. The predicted molar refractivity (Wildman–Crippen MR) is 87.1 cm³/mol. The molecule has 2 rings (SSSR count). The van der Waals surface area contributed by atoms with Gasteiger partial charge in [0.25, 0.3) is 0 Å². The van der Waals surface area contributed by atoms with Crippen molar-refractivity contribution < 1.29 is 22.7 Å². The number of carbonyl (C=O) groups excluding carboxylic acids is 2. The SMILES string of the molecule is Cc1ccc(S(=O)(=O)NCCC(=O)OCC(=O)c2ccc[nH]2)cc1. The summed E-state index contributed by atoms with van der Waals surface area (Å²) in [6.45, 7) is 1.37. The van der Waals surface area contributed by atoms with Crippen molar-refractivity contribution >= 4 is 21.8 Å². The highest BCUT2D eigenvalue weighted by molar-refractivity contribution is 7.89. The number of ether oxygens (including phenoxy) is 1. The van der Waals surface area contributed by atoms with Gasteiger partial charge in [0.2, 0.25) is 15.8 Å². The van der Waals surface area contributed by atoms with E-state index in [2.05, 4.69) is 9.71 Å². The number of Topliss-reactive ketones (excluding diaryl/α,β-unsaturated/α-hetero) is 1. The molecule has 128 valence electrons. The Morgan fingerprint density at radius 3 is 2.50 bits per heavy atom. The lowest BCUT2D eigenvalue weighted by atomic mass is 10.2.